The first-order valence-electron chi connectivity index (χ1n) is 8.19. The number of allylic oxidation sites excluding steroid dienone is 3. The van der Waals surface area contributed by atoms with Gasteiger partial charge in [-0.25, -0.2) is 0 Å². The van der Waals surface area contributed by atoms with Crippen molar-refractivity contribution in [2.24, 2.45) is 0 Å². The Hall–Kier alpha value is -2.54. The zero-order valence-electron chi connectivity index (χ0n) is 13.9. The molecular weight excluding hydrogens is 278 g/mol. The number of hydrogen-bond acceptors (Lipinski definition) is 1. The third kappa shape index (κ3) is 2.87. The zero-order chi connectivity index (χ0) is 16.2. The zero-order valence-corrected chi connectivity index (χ0v) is 13.9. The summed E-state index contributed by atoms with van der Waals surface area (Å²) in [6.45, 7) is 8.28. The summed E-state index contributed by atoms with van der Waals surface area (Å²) < 4.78 is 0. The Bertz CT molecular complexity index is 766. The first kappa shape index (κ1) is 15.4. The molecule has 1 aliphatic rings. The number of aryl methyl sites for hydroxylation is 1. The Morgan fingerprint density at radius 1 is 1.13 bits per heavy atom. The monoisotopic (exact) mass is 301 g/mol. The summed E-state index contributed by atoms with van der Waals surface area (Å²) in [5, 5.41) is 0. The van der Waals surface area contributed by atoms with Gasteiger partial charge in [-0.05, 0) is 61.6 Å². The molecule has 116 valence electrons. The molecule has 0 saturated carbocycles. The van der Waals surface area contributed by atoms with Crippen LogP contribution in [0.4, 0.5) is 11.4 Å². The molecule has 0 heterocycles. The SMILES string of the molecule is C=C/C(=C\C)N(c1ccccc1)c1c(C)ccc2c1CCC=C2. The number of anilines is 2. The molecule has 0 amide bonds. The Morgan fingerprint density at radius 2 is 1.91 bits per heavy atom. The molecular formula is C22H23N. The maximum atomic E-state index is 4.02. The summed E-state index contributed by atoms with van der Waals surface area (Å²) in [6, 6.07) is 15.0. The van der Waals surface area contributed by atoms with Crippen molar-refractivity contribution in [2.75, 3.05) is 4.90 Å². The molecule has 0 spiro atoms. The van der Waals surface area contributed by atoms with Gasteiger partial charge in [-0.1, -0.05) is 55.1 Å². The number of hydrogen-bond donors (Lipinski definition) is 0. The number of para-hydroxylation sites is 1. The number of rotatable bonds is 4. The fourth-order valence-electron chi connectivity index (χ4n) is 3.26. The minimum atomic E-state index is 1.08. The van der Waals surface area contributed by atoms with Crippen molar-refractivity contribution in [3.8, 4) is 0 Å². The van der Waals surface area contributed by atoms with E-state index in [4.69, 9.17) is 0 Å². The van der Waals surface area contributed by atoms with Gasteiger partial charge in [0.2, 0.25) is 0 Å². The van der Waals surface area contributed by atoms with E-state index in [1.165, 1.54) is 28.1 Å². The molecule has 0 unspecified atom stereocenters. The quantitative estimate of drug-likeness (QED) is 0.609. The van der Waals surface area contributed by atoms with Crippen LogP contribution in [0.1, 0.15) is 30.0 Å². The molecule has 0 bridgehead atoms. The summed E-state index contributed by atoms with van der Waals surface area (Å²) in [4.78, 5) is 2.33. The average Bonchev–Trinajstić information content (AvgIpc) is 2.61. The van der Waals surface area contributed by atoms with E-state index in [2.05, 4.69) is 86.0 Å². The van der Waals surface area contributed by atoms with E-state index < -0.39 is 0 Å². The summed E-state index contributed by atoms with van der Waals surface area (Å²) in [5.41, 5.74) is 7.64. The highest BCUT2D eigenvalue weighted by Gasteiger charge is 2.20. The largest absolute Gasteiger partial charge is 0.310 e. The second-order valence-corrected chi connectivity index (χ2v) is 5.83. The second kappa shape index (κ2) is 6.70. The fourth-order valence-corrected chi connectivity index (χ4v) is 3.26. The van der Waals surface area contributed by atoms with Gasteiger partial charge in [-0.3, -0.25) is 0 Å². The lowest BCUT2D eigenvalue weighted by Crippen LogP contribution is -2.19. The topological polar surface area (TPSA) is 3.24 Å². The van der Waals surface area contributed by atoms with Crippen molar-refractivity contribution < 1.29 is 0 Å². The maximum absolute atomic E-state index is 4.02. The molecule has 2 aromatic rings. The van der Waals surface area contributed by atoms with Crippen LogP contribution in [0.15, 0.2) is 73.0 Å². The van der Waals surface area contributed by atoms with Gasteiger partial charge in [0.15, 0.2) is 0 Å². The van der Waals surface area contributed by atoms with E-state index in [-0.39, 0.29) is 0 Å². The number of fused-ring (bicyclic) bond motifs is 1. The molecule has 0 aliphatic heterocycles. The van der Waals surface area contributed by atoms with Crippen molar-refractivity contribution in [1.29, 1.82) is 0 Å². The highest BCUT2D eigenvalue weighted by atomic mass is 15.1. The van der Waals surface area contributed by atoms with Gasteiger partial charge < -0.3 is 4.90 Å². The Kier molecular flexibility index (Phi) is 4.47. The molecule has 1 heteroatoms. The molecule has 0 radical (unpaired) electrons. The van der Waals surface area contributed by atoms with Crippen molar-refractivity contribution in [1.82, 2.24) is 0 Å². The lowest BCUT2D eigenvalue weighted by molar-refractivity contribution is 0.970. The van der Waals surface area contributed by atoms with Crippen LogP contribution in [0.5, 0.6) is 0 Å². The predicted octanol–water partition coefficient (Wildman–Crippen LogP) is 6.18. The van der Waals surface area contributed by atoms with Crippen LogP contribution in [0.25, 0.3) is 6.08 Å². The van der Waals surface area contributed by atoms with Gasteiger partial charge in [-0.15, -0.1) is 0 Å². The van der Waals surface area contributed by atoms with E-state index in [9.17, 15) is 0 Å². The van der Waals surface area contributed by atoms with Gasteiger partial charge in [0.25, 0.3) is 0 Å². The Balaban J connectivity index is 2.26. The molecule has 3 rings (SSSR count). The first-order valence-corrected chi connectivity index (χ1v) is 8.19. The Morgan fingerprint density at radius 3 is 2.61 bits per heavy atom. The summed E-state index contributed by atoms with van der Waals surface area (Å²) in [6.07, 6.45) is 10.8. The number of benzene rings is 2. The molecule has 23 heavy (non-hydrogen) atoms. The standard InChI is InChI=1S/C22H23N/c1-4-19(5-2)23(20-12-7-6-8-13-20)22-17(3)15-16-18-11-9-10-14-21(18)22/h4-9,11-13,15-16H,1,10,14H2,2-3H3/b19-5+. The van der Waals surface area contributed by atoms with Crippen LogP contribution in [0.2, 0.25) is 0 Å². The third-order valence-corrected chi connectivity index (χ3v) is 4.38. The van der Waals surface area contributed by atoms with E-state index in [0.29, 0.717) is 0 Å². The smallest absolute Gasteiger partial charge is 0.0528 e. The van der Waals surface area contributed by atoms with Crippen molar-refractivity contribution in [3.63, 3.8) is 0 Å². The summed E-state index contributed by atoms with van der Waals surface area (Å²) >= 11 is 0. The van der Waals surface area contributed by atoms with Crippen molar-refractivity contribution in [3.05, 3.63) is 89.7 Å². The van der Waals surface area contributed by atoms with Crippen LogP contribution in [-0.2, 0) is 6.42 Å². The summed E-state index contributed by atoms with van der Waals surface area (Å²) in [5.74, 6) is 0. The summed E-state index contributed by atoms with van der Waals surface area (Å²) in [7, 11) is 0. The second-order valence-electron chi connectivity index (χ2n) is 5.83. The molecule has 2 aromatic carbocycles. The van der Waals surface area contributed by atoms with Gasteiger partial charge in [0, 0.05) is 11.4 Å². The molecule has 0 fully saturated rings. The number of nitrogens with zero attached hydrogens (tertiary/aromatic N) is 1. The van der Waals surface area contributed by atoms with Crippen LogP contribution in [0, 0.1) is 6.92 Å². The molecule has 0 N–H and O–H groups in total. The molecule has 1 aliphatic carbocycles. The van der Waals surface area contributed by atoms with Crippen LogP contribution in [-0.4, -0.2) is 0 Å². The molecule has 1 nitrogen and oxygen atoms in total. The van der Waals surface area contributed by atoms with E-state index in [1.807, 2.05) is 6.08 Å². The van der Waals surface area contributed by atoms with E-state index in [1.54, 1.807) is 0 Å². The normalized spacial score (nSPS) is 13.6. The minimum Gasteiger partial charge on any atom is -0.310 e. The Labute approximate surface area is 139 Å². The van der Waals surface area contributed by atoms with Crippen LogP contribution >= 0.6 is 0 Å². The molecule has 0 saturated heterocycles. The minimum absolute atomic E-state index is 1.08. The third-order valence-electron chi connectivity index (χ3n) is 4.38. The maximum Gasteiger partial charge on any atom is 0.0528 e. The van der Waals surface area contributed by atoms with Gasteiger partial charge in [-0.2, -0.15) is 0 Å². The fraction of sp³-hybridized carbons (Fsp3) is 0.182. The lowest BCUT2D eigenvalue weighted by Gasteiger charge is -2.31. The first-order chi connectivity index (χ1) is 11.3. The van der Waals surface area contributed by atoms with Gasteiger partial charge in [0.05, 0.1) is 5.69 Å². The van der Waals surface area contributed by atoms with Crippen molar-refractivity contribution in [2.45, 2.75) is 26.7 Å². The van der Waals surface area contributed by atoms with Gasteiger partial charge in [0.1, 0.15) is 0 Å². The van der Waals surface area contributed by atoms with Crippen LogP contribution < -0.4 is 4.90 Å². The highest BCUT2D eigenvalue weighted by molar-refractivity contribution is 5.79. The van der Waals surface area contributed by atoms with E-state index in [0.717, 1.165) is 18.5 Å². The van der Waals surface area contributed by atoms with Crippen molar-refractivity contribution >= 4 is 17.5 Å². The van der Waals surface area contributed by atoms with Crippen LogP contribution in [0.3, 0.4) is 0 Å². The lowest BCUT2D eigenvalue weighted by atomic mass is 9.92. The van der Waals surface area contributed by atoms with Gasteiger partial charge >= 0.3 is 0 Å². The molecule has 0 aromatic heterocycles. The van der Waals surface area contributed by atoms with E-state index >= 15 is 0 Å². The average molecular weight is 301 g/mol. The highest BCUT2D eigenvalue weighted by Crippen LogP contribution is 2.39. The molecule has 0 atom stereocenters. The predicted molar refractivity (Wildman–Crippen MR) is 101 cm³/mol.